The summed E-state index contributed by atoms with van der Waals surface area (Å²) in [5, 5.41) is 11.8. The second kappa shape index (κ2) is 4.52. The van der Waals surface area contributed by atoms with Crippen LogP contribution in [0, 0.1) is 18.3 Å². The Hall–Kier alpha value is -1.93. The number of pyridine rings is 1. The first-order valence-corrected chi connectivity index (χ1v) is 6.12. The van der Waals surface area contributed by atoms with Crippen LogP contribution >= 0.6 is 11.3 Å². The van der Waals surface area contributed by atoms with Gasteiger partial charge in [-0.05, 0) is 19.4 Å². The molecule has 2 aromatic heterocycles. The van der Waals surface area contributed by atoms with Gasteiger partial charge in [0, 0.05) is 16.6 Å². The van der Waals surface area contributed by atoms with Crippen LogP contribution in [-0.2, 0) is 6.42 Å². The highest BCUT2D eigenvalue weighted by Gasteiger charge is 2.11. The van der Waals surface area contributed by atoms with Crippen molar-refractivity contribution < 1.29 is 0 Å². The van der Waals surface area contributed by atoms with Gasteiger partial charge in [-0.1, -0.05) is 6.92 Å². The maximum Gasteiger partial charge on any atom is 0.266 e. The highest BCUT2D eigenvalue weighted by atomic mass is 32.1. The van der Waals surface area contributed by atoms with Crippen LogP contribution in [0.1, 0.15) is 23.2 Å². The van der Waals surface area contributed by atoms with Crippen LogP contribution in [0.2, 0.25) is 0 Å². The van der Waals surface area contributed by atoms with Crippen LogP contribution in [0.3, 0.4) is 0 Å². The fourth-order valence-electron chi connectivity index (χ4n) is 1.65. The van der Waals surface area contributed by atoms with E-state index in [2.05, 4.69) is 9.97 Å². The zero-order valence-corrected chi connectivity index (χ0v) is 10.4. The number of rotatable bonds is 2. The fourth-order valence-corrected chi connectivity index (χ4v) is 2.26. The van der Waals surface area contributed by atoms with Crippen molar-refractivity contribution >= 4 is 11.3 Å². The lowest BCUT2D eigenvalue weighted by Crippen LogP contribution is -2.13. The molecule has 5 heteroatoms. The second-order valence-corrected chi connectivity index (χ2v) is 4.68. The largest absolute Gasteiger partial charge is 0.324 e. The van der Waals surface area contributed by atoms with E-state index in [1.165, 1.54) is 0 Å². The topological polar surface area (TPSA) is 69.5 Å². The number of aromatic nitrogens is 2. The van der Waals surface area contributed by atoms with Gasteiger partial charge in [0.25, 0.3) is 5.56 Å². The molecule has 0 saturated carbocycles. The highest BCUT2D eigenvalue weighted by molar-refractivity contribution is 7.09. The lowest BCUT2D eigenvalue weighted by atomic mass is 10.1. The third-order valence-electron chi connectivity index (χ3n) is 2.49. The molecule has 0 unspecified atom stereocenters. The highest BCUT2D eigenvalue weighted by Crippen LogP contribution is 2.24. The predicted octanol–water partition coefficient (Wildman–Crippen LogP) is 2.24. The van der Waals surface area contributed by atoms with E-state index in [9.17, 15) is 4.79 Å². The Labute approximate surface area is 103 Å². The fraction of sp³-hybridized carbons (Fsp3) is 0.250. The van der Waals surface area contributed by atoms with Gasteiger partial charge in [-0.25, -0.2) is 4.98 Å². The SMILES string of the molecule is CCc1[nH]c(=O)c(C#N)cc1-c1csc(C)n1. The number of nitriles is 1. The minimum absolute atomic E-state index is 0.128. The average Bonchev–Trinajstić information content (AvgIpc) is 2.75. The maximum atomic E-state index is 11.5. The summed E-state index contributed by atoms with van der Waals surface area (Å²) in [5.41, 5.74) is 2.27. The lowest BCUT2D eigenvalue weighted by Gasteiger charge is -2.05. The zero-order chi connectivity index (χ0) is 12.4. The Morgan fingerprint density at radius 1 is 1.59 bits per heavy atom. The molecule has 0 aliphatic rings. The minimum Gasteiger partial charge on any atom is -0.324 e. The van der Waals surface area contributed by atoms with Crippen LogP contribution < -0.4 is 5.56 Å². The molecule has 0 atom stereocenters. The second-order valence-electron chi connectivity index (χ2n) is 3.62. The summed E-state index contributed by atoms with van der Waals surface area (Å²) >= 11 is 1.55. The Morgan fingerprint density at radius 3 is 2.88 bits per heavy atom. The normalized spacial score (nSPS) is 10.2. The molecule has 2 rings (SSSR count). The van der Waals surface area contributed by atoms with Crippen molar-refractivity contribution in [2.45, 2.75) is 20.3 Å². The summed E-state index contributed by atoms with van der Waals surface area (Å²) in [7, 11) is 0. The first-order valence-electron chi connectivity index (χ1n) is 5.24. The molecule has 86 valence electrons. The molecule has 0 saturated heterocycles. The molecule has 0 bridgehead atoms. The van der Waals surface area contributed by atoms with Gasteiger partial charge in [0.2, 0.25) is 0 Å². The molecule has 1 N–H and O–H groups in total. The Bertz CT molecular complexity index is 649. The molecule has 0 radical (unpaired) electrons. The third-order valence-corrected chi connectivity index (χ3v) is 3.27. The molecule has 0 fully saturated rings. The summed E-state index contributed by atoms with van der Waals surface area (Å²) in [4.78, 5) is 18.6. The van der Waals surface area contributed by atoms with Gasteiger partial charge in [-0.2, -0.15) is 5.26 Å². The predicted molar refractivity (Wildman–Crippen MR) is 67.0 cm³/mol. The number of hydrogen-bond donors (Lipinski definition) is 1. The first kappa shape index (κ1) is 11.6. The van der Waals surface area contributed by atoms with Crippen molar-refractivity contribution in [3.63, 3.8) is 0 Å². The van der Waals surface area contributed by atoms with E-state index in [1.54, 1.807) is 17.4 Å². The molecule has 0 spiro atoms. The van der Waals surface area contributed by atoms with Crippen LogP contribution in [0.4, 0.5) is 0 Å². The van der Waals surface area contributed by atoms with Crippen LogP contribution in [0.5, 0.6) is 0 Å². The van der Waals surface area contributed by atoms with Crippen LogP contribution in [-0.4, -0.2) is 9.97 Å². The van der Waals surface area contributed by atoms with Crippen LogP contribution in [0.25, 0.3) is 11.3 Å². The Balaban J connectivity index is 2.68. The molecule has 4 nitrogen and oxygen atoms in total. The van der Waals surface area contributed by atoms with Crippen molar-refractivity contribution in [3.8, 4) is 17.3 Å². The average molecular weight is 245 g/mol. The summed E-state index contributed by atoms with van der Waals surface area (Å²) in [6.45, 7) is 3.89. The van der Waals surface area contributed by atoms with Gasteiger partial charge in [0.05, 0.1) is 10.7 Å². The molecule has 0 aliphatic heterocycles. The smallest absolute Gasteiger partial charge is 0.266 e. The quantitative estimate of drug-likeness (QED) is 0.882. The van der Waals surface area contributed by atoms with Gasteiger partial charge in [0.1, 0.15) is 11.6 Å². The van der Waals surface area contributed by atoms with E-state index >= 15 is 0 Å². The van der Waals surface area contributed by atoms with E-state index in [1.807, 2.05) is 25.3 Å². The number of H-pyrrole nitrogens is 1. The molecular weight excluding hydrogens is 234 g/mol. The lowest BCUT2D eigenvalue weighted by molar-refractivity contribution is 1.01. The van der Waals surface area contributed by atoms with E-state index in [0.29, 0.717) is 6.42 Å². The Morgan fingerprint density at radius 2 is 2.35 bits per heavy atom. The Kier molecular flexibility index (Phi) is 3.07. The van der Waals surface area contributed by atoms with Gasteiger partial charge in [-0.3, -0.25) is 4.79 Å². The number of aryl methyl sites for hydroxylation is 2. The van der Waals surface area contributed by atoms with Crippen LogP contribution in [0.15, 0.2) is 16.2 Å². The minimum atomic E-state index is -0.333. The van der Waals surface area contributed by atoms with Gasteiger partial charge in [0.15, 0.2) is 0 Å². The molecule has 2 aromatic rings. The van der Waals surface area contributed by atoms with Gasteiger partial charge >= 0.3 is 0 Å². The standard InChI is InChI=1S/C12H11N3OS/c1-3-10-9(11-6-17-7(2)14-11)4-8(5-13)12(16)15-10/h4,6H,3H2,1-2H3,(H,15,16). The van der Waals surface area contributed by atoms with Crippen molar-refractivity contribution in [2.24, 2.45) is 0 Å². The molecule has 0 amide bonds. The van der Waals surface area contributed by atoms with E-state index < -0.39 is 0 Å². The summed E-state index contributed by atoms with van der Waals surface area (Å²) in [6.07, 6.45) is 0.701. The van der Waals surface area contributed by atoms with Gasteiger partial charge < -0.3 is 4.98 Å². The van der Waals surface area contributed by atoms with Crippen molar-refractivity contribution in [1.82, 2.24) is 9.97 Å². The summed E-state index contributed by atoms with van der Waals surface area (Å²) in [6, 6.07) is 3.51. The number of nitrogens with zero attached hydrogens (tertiary/aromatic N) is 2. The number of hydrogen-bond acceptors (Lipinski definition) is 4. The van der Waals surface area contributed by atoms with Crippen molar-refractivity contribution in [3.05, 3.63) is 38.1 Å². The molecule has 17 heavy (non-hydrogen) atoms. The van der Waals surface area contributed by atoms with Crippen molar-refractivity contribution in [1.29, 1.82) is 5.26 Å². The monoisotopic (exact) mass is 245 g/mol. The first-order chi connectivity index (χ1) is 8.15. The van der Waals surface area contributed by atoms with E-state index in [-0.39, 0.29) is 11.1 Å². The number of aromatic amines is 1. The number of thiazole rings is 1. The zero-order valence-electron chi connectivity index (χ0n) is 9.57. The number of nitrogens with one attached hydrogen (secondary N) is 1. The van der Waals surface area contributed by atoms with E-state index in [4.69, 9.17) is 5.26 Å². The molecular formula is C12H11N3OS. The van der Waals surface area contributed by atoms with E-state index in [0.717, 1.165) is 22.0 Å². The molecule has 2 heterocycles. The summed E-state index contributed by atoms with van der Waals surface area (Å²) in [5.74, 6) is 0. The molecule has 0 aromatic carbocycles. The van der Waals surface area contributed by atoms with Gasteiger partial charge in [-0.15, -0.1) is 11.3 Å². The van der Waals surface area contributed by atoms with Crippen molar-refractivity contribution in [2.75, 3.05) is 0 Å². The summed E-state index contributed by atoms with van der Waals surface area (Å²) < 4.78 is 0. The third kappa shape index (κ3) is 2.12. The maximum absolute atomic E-state index is 11.5. The molecule has 0 aliphatic carbocycles.